The molecule has 0 saturated carbocycles. The minimum absolute atomic E-state index is 0.104. The quantitative estimate of drug-likeness (QED) is 0.593. The molecule has 0 rings (SSSR count). The van der Waals surface area contributed by atoms with Gasteiger partial charge in [0.2, 0.25) is 0 Å². The van der Waals surface area contributed by atoms with Crippen molar-refractivity contribution in [2.24, 2.45) is 17.6 Å². The molecule has 3 heteroatoms. The summed E-state index contributed by atoms with van der Waals surface area (Å²) >= 11 is 0. The van der Waals surface area contributed by atoms with E-state index in [-0.39, 0.29) is 12.3 Å². The van der Waals surface area contributed by atoms with Gasteiger partial charge in [-0.25, -0.2) is 0 Å². The minimum atomic E-state index is -0.763. The van der Waals surface area contributed by atoms with Crippen molar-refractivity contribution in [1.82, 2.24) is 0 Å². The van der Waals surface area contributed by atoms with Crippen LogP contribution in [0.1, 0.15) is 26.2 Å². The fourth-order valence-corrected chi connectivity index (χ4v) is 1.46. The Hall–Kier alpha value is -0.830. The van der Waals surface area contributed by atoms with Gasteiger partial charge in [0, 0.05) is 6.42 Å². The number of carboxylic acids is 1. The van der Waals surface area contributed by atoms with Gasteiger partial charge < -0.3 is 10.8 Å². The van der Waals surface area contributed by atoms with E-state index in [1.165, 1.54) is 0 Å². The van der Waals surface area contributed by atoms with Crippen LogP contribution >= 0.6 is 0 Å². The Balaban J connectivity index is 3.81. The first-order valence-electron chi connectivity index (χ1n) is 4.62. The summed E-state index contributed by atoms with van der Waals surface area (Å²) in [5.74, 6) is -0.181. The zero-order valence-corrected chi connectivity index (χ0v) is 8.20. The molecular weight excluding hydrogens is 166 g/mol. The molecule has 2 unspecified atom stereocenters. The molecule has 3 nitrogen and oxygen atoms in total. The molecule has 76 valence electrons. The third-order valence-corrected chi connectivity index (χ3v) is 2.10. The smallest absolute Gasteiger partial charge is 0.303 e. The van der Waals surface area contributed by atoms with Crippen LogP contribution in [-0.2, 0) is 4.79 Å². The van der Waals surface area contributed by atoms with Crippen LogP contribution in [-0.4, -0.2) is 17.6 Å². The number of rotatable bonds is 7. The van der Waals surface area contributed by atoms with Crippen molar-refractivity contribution in [3.05, 3.63) is 12.7 Å². The zero-order valence-electron chi connectivity index (χ0n) is 8.20. The van der Waals surface area contributed by atoms with Gasteiger partial charge in [-0.15, -0.1) is 6.58 Å². The lowest BCUT2D eigenvalue weighted by atomic mass is 9.91. The monoisotopic (exact) mass is 185 g/mol. The molecule has 2 atom stereocenters. The van der Waals surface area contributed by atoms with Gasteiger partial charge in [-0.3, -0.25) is 4.79 Å². The van der Waals surface area contributed by atoms with Crippen LogP contribution in [0.5, 0.6) is 0 Å². The van der Waals surface area contributed by atoms with Gasteiger partial charge in [0.05, 0.1) is 0 Å². The number of nitrogens with two attached hydrogens (primary N) is 1. The van der Waals surface area contributed by atoms with E-state index in [2.05, 4.69) is 13.5 Å². The van der Waals surface area contributed by atoms with Gasteiger partial charge in [-0.1, -0.05) is 13.0 Å². The summed E-state index contributed by atoms with van der Waals surface area (Å²) in [6, 6.07) is 0. The van der Waals surface area contributed by atoms with Crippen molar-refractivity contribution in [2.45, 2.75) is 26.2 Å². The maximum Gasteiger partial charge on any atom is 0.303 e. The van der Waals surface area contributed by atoms with Crippen LogP contribution in [0.25, 0.3) is 0 Å². The second-order valence-electron chi connectivity index (χ2n) is 3.56. The molecular formula is C10H19NO2. The Morgan fingerprint density at radius 1 is 1.69 bits per heavy atom. The highest BCUT2D eigenvalue weighted by Gasteiger charge is 2.14. The van der Waals surface area contributed by atoms with E-state index in [0.29, 0.717) is 12.5 Å². The third kappa shape index (κ3) is 6.34. The lowest BCUT2D eigenvalue weighted by molar-refractivity contribution is -0.138. The normalized spacial score (nSPS) is 14.9. The van der Waals surface area contributed by atoms with Gasteiger partial charge in [-0.05, 0) is 31.2 Å². The largest absolute Gasteiger partial charge is 0.481 e. The molecule has 0 radical (unpaired) electrons. The van der Waals surface area contributed by atoms with Gasteiger partial charge >= 0.3 is 5.97 Å². The minimum Gasteiger partial charge on any atom is -0.481 e. The van der Waals surface area contributed by atoms with Crippen LogP contribution in [0, 0.1) is 11.8 Å². The van der Waals surface area contributed by atoms with Gasteiger partial charge in [0.15, 0.2) is 0 Å². The molecule has 0 aromatic rings. The number of carbonyl (C=O) groups is 1. The molecule has 0 aromatic heterocycles. The van der Waals surface area contributed by atoms with Crippen molar-refractivity contribution < 1.29 is 9.90 Å². The summed E-state index contributed by atoms with van der Waals surface area (Å²) in [6.07, 6.45) is 3.84. The van der Waals surface area contributed by atoms with Crippen LogP contribution in [0.2, 0.25) is 0 Å². The highest BCUT2D eigenvalue weighted by Crippen LogP contribution is 2.17. The lowest BCUT2D eigenvalue weighted by Gasteiger charge is -2.16. The maximum absolute atomic E-state index is 10.4. The second-order valence-corrected chi connectivity index (χ2v) is 3.56. The average Bonchev–Trinajstić information content (AvgIpc) is 2.02. The zero-order chi connectivity index (χ0) is 10.3. The fourth-order valence-electron chi connectivity index (χ4n) is 1.46. The van der Waals surface area contributed by atoms with Crippen LogP contribution in [0.4, 0.5) is 0 Å². The van der Waals surface area contributed by atoms with Gasteiger partial charge in [-0.2, -0.15) is 0 Å². The summed E-state index contributed by atoms with van der Waals surface area (Å²) < 4.78 is 0. The van der Waals surface area contributed by atoms with Gasteiger partial charge in [0.25, 0.3) is 0 Å². The Morgan fingerprint density at radius 2 is 2.31 bits per heavy atom. The second kappa shape index (κ2) is 6.66. The molecule has 3 N–H and O–H groups in total. The standard InChI is InChI=1S/C10H19NO2/c1-3-4-8(2)5-9(7-11)6-10(12)13/h3,8-9H,1,4-7,11H2,2H3,(H,12,13). The van der Waals surface area contributed by atoms with Gasteiger partial charge in [0.1, 0.15) is 0 Å². The summed E-state index contributed by atoms with van der Waals surface area (Å²) in [7, 11) is 0. The first-order chi connectivity index (χ1) is 6.10. The molecule has 0 fully saturated rings. The third-order valence-electron chi connectivity index (χ3n) is 2.10. The maximum atomic E-state index is 10.4. The van der Waals surface area contributed by atoms with Crippen molar-refractivity contribution in [2.75, 3.05) is 6.54 Å². The molecule has 0 saturated heterocycles. The SMILES string of the molecule is C=CCC(C)CC(CN)CC(=O)O. The van der Waals surface area contributed by atoms with E-state index < -0.39 is 5.97 Å². The van der Waals surface area contributed by atoms with E-state index in [4.69, 9.17) is 10.8 Å². The number of hydrogen-bond acceptors (Lipinski definition) is 2. The van der Waals surface area contributed by atoms with E-state index in [1.807, 2.05) is 6.08 Å². The highest BCUT2D eigenvalue weighted by atomic mass is 16.4. The lowest BCUT2D eigenvalue weighted by Crippen LogP contribution is -2.20. The van der Waals surface area contributed by atoms with Crippen molar-refractivity contribution in [1.29, 1.82) is 0 Å². The topological polar surface area (TPSA) is 63.3 Å². The Bertz CT molecular complexity index is 168. The van der Waals surface area contributed by atoms with E-state index in [9.17, 15) is 4.79 Å². The van der Waals surface area contributed by atoms with Crippen LogP contribution in [0.15, 0.2) is 12.7 Å². The predicted octanol–water partition coefficient (Wildman–Crippen LogP) is 1.64. The summed E-state index contributed by atoms with van der Waals surface area (Å²) in [5, 5.41) is 8.58. The molecule has 0 spiro atoms. The highest BCUT2D eigenvalue weighted by molar-refractivity contribution is 5.67. The summed E-state index contributed by atoms with van der Waals surface area (Å²) in [6.45, 7) is 6.19. The van der Waals surface area contributed by atoms with E-state index in [1.54, 1.807) is 0 Å². The Morgan fingerprint density at radius 3 is 2.69 bits per heavy atom. The number of carboxylic acid groups (broad SMARTS) is 1. The Labute approximate surface area is 79.6 Å². The molecule has 13 heavy (non-hydrogen) atoms. The van der Waals surface area contributed by atoms with Crippen molar-refractivity contribution in [3.8, 4) is 0 Å². The van der Waals surface area contributed by atoms with E-state index in [0.717, 1.165) is 12.8 Å². The fraction of sp³-hybridized carbons (Fsp3) is 0.700. The number of hydrogen-bond donors (Lipinski definition) is 2. The molecule has 0 aliphatic carbocycles. The molecule has 0 aliphatic rings. The molecule has 0 heterocycles. The summed E-state index contributed by atoms with van der Waals surface area (Å²) in [5.41, 5.74) is 5.48. The van der Waals surface area contributed by atoms with Crippen molar-refractivity contribution >= 4 is 5.97 Å². The summed E-state index contributed by atoms with van der Waals surface area (Å²) in [4.78, 5) is 10.4. The molecule has 0 aliphatic heterocycles. The molecule has 0 aromatic carbocycles. The number of aliphatic carboxylic acids is 1. The first kappa shape index (κ1) is 12.2. The van der Waals surface area contributed by atoms with Crippen LogP contribution < -0.4 is 5.73 Å². The predicted molar refractivity (Wildman–Crippen MR) is 53.4 cm³/mol. The molecule has 0 amide bonds. The number of allylic oxidation sites excluding steroid dienone is 1. The average molecular weight is 185 g/mol. The van der Waals surface area contributed by atoms with Crippen LogP contribution in [0.3, 0.4) is 0 Å². The van der Waals surface area contributed by atoms with Crippen molar-refractivity contribution in [3.63, 3.8) is 0 Å². The first-order valence-corrected chi connectivity index (χ1v) is 4.62. The van der Waals surface area contributed by atoms with E-state index >= 15 is 0 Å². The Kier molecular flexibility index (Phi) is 6.24. The molecule has 0 bridgehead atoms.